The van der Waals surface area contributed by atoms with Crippen LogP contribution < -0.4 is 5.32 Å². The molecule has 1 rings (SSSR count). The highest BCUT2D eigenvalue weighted by atomic mass is 16.5. The lowest BCUT2D eigenvalue weighted by atomic mass is 10.1. The van der Waals surface area contributed by atoms with Gasteiger partial charge in [-0.05, 0) is 13.0 Å². The van der Waals surface area contributed by atoms with E-state index in [4.69, 9.17) is 4.74 Å². The van der Waals surface area contributed by atoms with Crippen LogP contribution in [0.3, 0.4) is 0 Å². The van der Waals surface area contributed by atoms with Crippen LogP contribution >= 0.6 is 0 Å². The molecule has 9 heavy (non-hydrogen) atoms. The molecular weight excluding hydrogens is 114 g/mol. The van der Waals surface area contributed by atoms with Gasteiger partial charge >= 0.3 is 0 Å². The summed E-state index contributed by atoms with van der Waals surface area (Å²) in [5, 5.41) is 3.36. The Morgan fingerprint density at radius 2 is 2.33 bits per heavy atom. The zero-order chi connectivity index (χ0) is 6.69. The first-order valence-electron chi connectivity index (χ1n) is 3.73. The van der Waals surface area contributed by atoms with Crippen LogP contribution in [0.1, 0.15) is 20.3 Å². The van der Waals surface area contributed by atoms with Gasteiger partial charge in [0.1, 0.15) is 0 Å². The van der Waals surface area contributed by atoms with Crippen LogP contribution in [-0.4, -0.2) is 25.3 Å². The fraction of sp³-hybridized carbons (Fsp3) is 1.00. The minimum atomic E-state index is 0.491. The monoisotopic (exact) mass is 129 g/mol. The second kappa shape index (κ2) is 3.18. The minimum absolute atomic E-state index is 0.491. The summed E-state index contributed by atoms with van der Waals surface area (Å²) >= 11 is 0. The fourth-order valence-electron chi connectivity index (χ4n) is 1.18. The van der Waals surface area contributed by atoms with Gasteiger partial charge in [0.25, 0.3) is 0 Å². The van der Waals surface area contributed by atoms with Crippen LogP contribution in [-0.2, 0) is 4.74 Å². The Morgan fingerprint density at radius 3 is 2.67 bits per heavy atom. The van der Waals surface area contributed by atoms with Crippen molar-refractivity contribution in [3.63, 3.8) is 0 Å². The number of ether oxygens (including phenoxy) is 1. The highest BCUT2D eigenvalue weighted by molar-refractivity contribution is 4.83. The maximum atomic E-state index is 5.28. The van der Waals surface area contributed by atoms with Crippen molar-refractivity contribution in [3.8, 4) is 0 Å². The molecule has 0 aromatic heterocycles. The molecule has 54 valence electrons. The van der Waals surface area contributed by atoms with Crippen molar-refractivity contribution < 1.29 is 4.74 Å². The normalized spacial score (nSPS) is 34.0. The summed E-state index contributed by atoms with van der Waals surface area (Å²) in [7, 11) is 0. The summed E-state index contributed by atoms with van der Waals surface area (Å²) < 4.78 is 5.28. The molecule has 1 heterocycles. The van der Waals surface area contributed by atoms with E-state index in [1.165, 1.54) is 0 Å². The zero-order valence-electron chi connectivity index (χ0n) is 6.18. The van der Waals surface area contributed by atoms with Crippen molar-refractivity contribution in [2.24, 2.45) is 0 Å². The second-order valence-electron chi connectivity index (χ2n) is 2.44. The SMILES string of the molecule is CCNC1COC1CC. The largest absolute Gasteiger partial charge is 0.375 e. The van der Waals surface area contributed by atoms with Gasteiger partial charge in [0, 0.05) is 0 Å². The van der Waals surface area contributed by atoms with Crippen LogP contribution in [0.4, 0.5) is 0 Å². The molecule has 1 saturated heterocycles. The lowest BCUT2D eigenvalue weighted by Crippen LogP contribution is -2.53. The van der Waals surface area contributed by atoms with E-state index in [1.54, 1.807) is 0 Å². The molecule has 2 atom stereocenters. The Labute approximate surface area is 56.6 Å². The first kappa shape index (κ1) is 7.03. The number of hydrogen-bond acceptors (Lipinski definition) is 2. The van der Waals surface area contributed by atoms with Crippen molar-refractivity contribution in [3.05, 3.63) is 0 Å². The maximum absolute atomic E-state index is 5.28. The smallest absolute Gasteiger partial charge is 0.0748 e. The summed E-state index contributed by atoms with van der Waals surface area (Å²) in [6, 6.07) is 0.639. The van der Waals surface area contributed by atoms with E-state index in [1.807, 2.05) is 0 Å². The van der Waals surface area contributed by atoms with Crippen molar-refractivity contribution in [2.75, 3.05) is 13.2 Å². The van der Waals surface area contributed by atoms with Gasteiger partial charge in [0.2, 0.25) is 0 Å². The second-order valence-corrected chi connectivity index (χ2v) is 2.44. The molecule has 2 heteroatoms. The molecule has 0 aliphatic carbocycles. The molecule has 1 aliphatic rings. The molecule has 0 spiro atoms. The van der Waals surface area contributed by atoms with E-state index in [-0.39, 0.29) is 0 Å². The van der Waals surface area contributed by atoms with Gasteiger partial charge in [-0.3, -0.25) is 0 Å². The van der Waals surface area contributed by atoms with Crippen LogP contribution in [0.5, 0.6) is 0 Å². The van der Waals surface area contributed by atoms with Crippen LogP contribution in [0.25, 0.3) is 0 Å². The topological polar surface area (TPSA) is 21.3 Å². The van der Waals surface area contributed by atoms with Crippen molar-refractivity contribution >= 4 is 0 Å². The fourth-order valence-corrected chi connectivity index (χ4v) is 1.18. The van der Waals surface area contributed by atoms with Crippen LogP contribution in [0.15, 0.2) is 0 Å². The molecular formula is C7H15NO. The number of likely N-dealkylation sites (N-methyl/N-ethyl adjacent to an activating group) is 1. The molecule has 0 amide bonds. The summed E-state index contributed by atoms with van der Waals surface area (Å²) in [4.78, 5) is 0. The number of nitrogens with one attached hydrogen (secondary N) is 1. The quantitative estimate of drug-likeness (QED) is 0.608. The first-order valence-corrected chi connectivity index (χ1v) is 3.73. The molecule has 0 aromatic carbocycles. The third-order valence-corrected chi connectivity index (χ3v) is 1.81. The van der Waals surface area contributed by atoms with E-state index in [2.05, 4.69) is 19.2 Å². The lowest BCUT2D eigenvalue weighted by Gasteiger charge is -2.36. The van der Waals surface area contributed by atoms with Gasteiger partial charge in [-0.1, -0.05) is 13.8 Å². The highest BCUT2D eigenvalue weighted by Gasteiger charge is 2.28. The third-order valence-electron chi connectivity index (χ3n) is 1.81. The first-order chi connectivity index (χ1) is 4.38. The Hall–Kier alpha value is -0.0800. The van der Waals surface area contributed by atoms with Gasteiger partial charge in [0.15, 0.2) is 0 Å². The van der Waals surface area contributed by atoms with Crippen molar-refractivity contribution in [1.82, 2.24) is 5.32 Å². The maximum Gasteiger partial charge on any atom is 0.0748 e. The van der Waals surface area contributed by atoms with Crippen molar-refractivity contribution in [1.29, 1.82) is 0 Å². The van der Waals surface area contributed by atoms with Crippen molar-refractivity contribution in [2.45, 2.75) is 32.4 Å². The Morgan fingerprint density at radius 1 is 1.56 bits per heavy atom. The van der Waals surface area contributed by atoms with E-state index < -0.39 is 0 Å². The number of rotatable bonds is 3. The van der Waals surface area contributed by atoms with E-state index in [0.717, 1.165) is 19.6 Å². The molecule has 2 nitrogen and oxygen atoms in total. The highest BCUT2D eigenvalue weighted by Crippen LogP contribution is 2.14. The Balaban J connectivity index is 2.11. The average molecular weight is 129 g/mol. The number of hydrogen-bond donors (Lipinski definition) is 1. The molecule has 1 N–H and O–H groups in total. The zero-order valence-corrected chi connectivity index (χ0v) is 6.18. The summed E-state index contributed by atoms with van der Waals surface area (Å²) in [5.41, 5.74) is 0. The third kappa shape index (κ3) is 1.43. The summed E-state index contributed by atoms with van der Waals surface area (Å²) in [5.74, 6) is 0. The van der Waals surface area contributed by atoms with E-state index >= 15 is 0 Å². The van der Waals surface area contributed by atoms with Gasteiger partial charge < -0.3 is 10.1 Å². The van der Waals surface area contributed by atoms with E-state index in [9.17, 15) is 0 Å². The molecule has 1 fully saturated rings. The van der Waals surface area contributed by atoms with Gasteiger partial charge in [-0.2, -0.15) is 0 Å². The molecule has 1 aliphatic heterocycles. The average Bonchev–Trinajstić information content (AvgIpc) is 1.82. The predicted octanol–water partition coefficient (Wildman–Crippen LogP) is 0.773. The molecule has 0 radical (unpaired) electrons. The Kier molecular flexibility index (Phi) is 2.49. The van der Waals surface area contributed by atoms with E-state index in [0.29, 0.717) is 12.1 Å². The predicted molar refractivity (Wildman–Crippen MR) is 37.5 cm³/mol. The Bertz CT molecular complexity index is 83.0. The van der Waals surface area contributed by atoms with Crippen LogP contribution in [0.2, 0.25) is 0 Å². The minimum Gasteiger partial charge on any atom is -0.375 e. The van der Waals surface area contributed by atoms with Crippen LogP contribution in [0, 0.1) is 0 Å². The summed E-state index contributed by atoms with van der Waals surface area (Å²) in [6.45, 7) is 6.26. The standard InChI is InChI=1S/C7H15NO/c1-3-7-6(5-9-7)8-4-2/h6-8H,3-5H2,1-2H3. The van der Waals surface area contributed by atoms with Gasteiger partial charge in [-0.25, -0.2) is 0 Å². The molecule has 0 aromatic rings. The molecule has 0 bridgehead atoms. The van der Waals surface area contributed by atoms with Gasteiger partial charge in [0.05, 0.1) is 18.8 Å². The lowest BCUT2D eigenvalue weighted by molar-refractivity contribution is -0.0872. The molecule has 2 unspecified atom stereocenters. The molecule has 0 saturated carbocycles. The van der Waals surface area contributed by atoms with Gasteiger partial charge in [-0.15, -0.1) is 0 Å². The summed E-state index contributed by atoms with van der Waals surface area (Å²) in [6.07, 6.45) is 1.63.